The lowest BCUT2D eigenvalue weighted by Crippen LogP contribution is -2.31. The molecule has 0 spiro atoms. The van der Waals surface area contributed by atoms with E-state index < -0.39 is 23.5 Å². The van der Waals surface area contributed by atoms with Gasteiger partial charge in [-0.1, -0.05) is 60.2 Å². The number of aromatic nitrogens is 1. The number of rotatable bonds is 5. The third-order valence-corrected chi connectivity index (χ3v) is 7.50. The smallest absolute Gasteiger partial charge is 0.294 e. The molecule has 0 saturated heterocycles. The summed E-state index contributed by atoms with van der Waals surface area (Å²) in [5.74, 6) is -1.60. The predicted octanol–water partition coefficient (Wildman–Crippen LogP) is 6.22. The number of Topliss-reactive ketones (excluding diaryl/α,β-unsaturated/α-hetero) is 1. The van der Waals surface area contributed by atoms with Crippen LogP contribution >= 0.6 is 11.3 Å². The van der Waals surface area contributed by atoms with Crippen molar-refractivity contribution in [1.82, 2.24) is 4.98 Å². The molecule has 36 heavy (non-hydrogen) atoms. The van der Waals surface area contributed by atoms with Crippen molar-refractivity contribution in [2.24, 2.45) is 0 Å². The van der Waals surface area contributed by atoms with Gasteiger partial charge in [0.1, 0.15) is 10.8 Å². The van der Waals surface area contributed by atoms with Gasteiger partial charge in [-0.05, 0) is 50.1 Å². The molecule has 0 radical (unpaired) electrons. The van der Waals surface area contributed by atoms with E-state index in [2.05, 4.69) is 4.98 Å². The molecule has 1 aliphatic heterocycles. The quantitative estimate of drug-likeness (QED) is 0.320. The maximum Gasteiger partial charge on any atom is 0.294 e. The van der Waals surface area contributed by atoms with Gasteiger partial charge in [0.25, 0.3) is 5.91 Å². The third-order valence-electron chi connectivity index (χ3n) is 6.30. The number of carbonyl (C=O) groups is 2. The first-order chi connectivity index (χ1) is 17.3. The normalized spacial score (nSPS) is 15.6. The van der Waals surface area contributed by atoms with Crippen molar-refractivity contribution < 1.29 is 19.8 Å². The maximum atomic E-state index is 14.0. The van der Waals surface area contributed by atoms with E-state index in [1.165, 1.54) is 28.4 Å². The SMILES string of the molecule is Cc1ccc(N2C(=O)C(O)=C(C(=O)c3sc(-c4ccccc4)nc3C)C2c2ccc(O)cc2)c(C)c1. The van der Waals surface area contributed by atoms with Gasteiger partial charge in [-0.3, -0.25) is 14.5 Å². The first-order valence-electron chi connectivity index (χ1n) is 11.5. The highest BCUT2D eigenvalue weighted by molar-refractivity contribution is 7.17. The Morgan fingerprint density at radius 3 is 2.31 bits per heavy atom. The Morgan fingerprint density at radius 1 is 0.944 bits per heavy atom. The molecule has 0 fully saturated rings. The van der Waals surface area contributed by atoms with Crippen LogP contribution in [0.1, 0.15) is 38.1 Å². The van der Waals surface area contributed by atoms with Crippen LogP contribution in [-0.2, 0) is 4.79 Å². The standard InChI is InChI=1S/C29H24N2O4S/c1-16-9-14-22(17(2)15-16)31-24(19-10-12-21(32)13-11-19)23(26(34)29(31)35)25(33)27-18(3)30-28(36-27)20-7-5-4-6-8-20/h4-15,24,32,34H,1-3H3. The molecule has 0 aliphatic carbocycles. The van der Waals surface area contributed by atoms with E-state index in [9.17, 15) is 19.8 Å². The number of hydrogen-bond donors (Lipinski definition) is 2. The first-order valence-corrected chi connectivity index (χ1v) is 12.3. The number of benzene rings is 3. The van der Waals surface area contributed by atoms with E-state index in [1.807, 2.05) is 62.4 Å². The van der Waals surface area contributed by atoms with Crippen molar-refractivity contribution in [2.75, 3.05) is 4.90 Å². The number of hydrogen-bond acceptors (Lipinski definition) is 6. The number of anilines is 1. The van der Waals surface area contributed by atoms with E-state index in [-0.39, 0.29) is 11.3 Å². The number of thiazole rings is 1. The Morgan fingerprint density at radius 2 is 1.64 bits per heavy atom. The Balaban J connectivity index is 1.65. The second-order valence-electron chi connectivity index (χ2n) is 8.85. The molecule has 1 aromatic heterocycles. The molecule has 1 amide bonds. The van der Waals surface area contributed by atoms with E-state index in [1.54, 1.807) is 19.1 Å². The summed E-state index contributed by atoms with van der Waals surface area (Å²) in [5.41, 5.74) is 4.49. The number of phenols is 1. The van der Waals surface area contributed by atoms with Gasteiger partial charge in [0.2, 0.25) is 5.78 Å². The second kappa shape index (κ2) is 9.09. The minimum absolute atomic E-state index is 0.00275. The van der Waals surface area contributed by atoms with Gasteiger partial charge in [0.05, 0.1) is 22.2 Å². The summed E-state index contributed by atoms with van der Waals surface area (Å²) in [6.45, 7) is 5.60. The molecule has 0 bridgehead atoms. The third kappa shape index (κ3) is 3.97. The lowest BCUT2D eigenvalue weighted by atomic mass is 9.94. The van der Waals surface area contributed by atoms with Crippen LogP contribution in [0.15, 0.2) is 84.1 Å². The molecule has 7 heteroatoms. The van der Waals surface area contributed by atoms with Gasteiger partial charge in [-0.25, -0.2) is 4.98 Å². The molecule has 3 aromatic carbocycles. The number of carbonyl (C=O) groups excluding carboxylic acids is 2. The molecule has 1 atom stereocenters. The van der Waals surface area contributed by atoms with E-state index in [0.717, 1.165) is 16.7 Å². The van der Waals surface area contributed by atoms with Crippen LogP contribution in [0.2, 0.25) is 0 Å². The molecular formula is C29H24N2O4S. The Kier molecular flexibility index (Phi) is 5.94. The number of aromatic hydroxyl groups is 1. The van der Waals surface area contributed by atoms with Crippen LogP contribution < -0.4 is 4.90 Å². The molecule has 1 unspecified atom stereocenters. The summed E-state index contributed by atoms with van der Waals surface area (Å²) in [7, 11) is 0. The fourth-order valence-electron chi connectivity index (χ4n) is 4.57. The summed E-state index contributed by atoms with van der Waals surface area (Å²) in [4.78, 5) is 33.8. The van der Waals surface area contributed by atoms with Crippen LogP contribution in [-0.4, -0.2) is 26.9 Å². The average Bonchev–Trinajstić information content (AvgIpc) is 3.38. The van der Waals surface area contributed by atoms with E-state index >= 15 is 0 Å². The van der Waals surface area contributed by atoms with Crippen molar-refractivity contribution in [1.29, 1.82) is 0 Å². The zero-order chi connectivity index (χ0) is 25.6. The minimum Gasteiger partial charge on any atom is -0.508 e. The Labute approximate surface area is 212 Å². The molecule has 0 saturated carbocycles. The maximum absolute atomic E-state index is 14.0. The number of aliphatic hydroxyl groups excluding tert-OH is 1. The lowest BCUT2D eigenvalue weighted by Gasteiger charge is -2.28. The Bertz CT molecular complexity index is 1520. The molecule has 2 N–H and O–H groups in total. The number of ketones is 1. The zero-order valence-corrected chi connectivity index (χ0v) is 20.8. The fourth-order valence-corrected chi connectivity index (χ4v) is 5.59. The number of phenolic OH excluding ortho intramolecular Hbond substituents is 1. The lowest BCUT2D eigenvalue weighted by molar-refractivity contribution is -0.117. The molecule has 1 aliphatic rings. The van der Waals surface area contributed by atoms with Crippen molar-refractivity contribution in [3.8, 4) is 16.3 Å². The van der Waals surface area contributed by atoms with Crippen LogP contribution in [0, 0.1) is 20.8 Å². The number of aliphatic hydroxyl groups is 1. The number of aryl methyl sites for hydroxylation is 3. The summed E-state index contributed by atoms with van der Waals surface area (Å²) in [6.07, 6.45) is 0. The molecule has 180 valence electrons. The minimum atomic E-state index is -0.867. The summed E-state index contributed by atoms with van der Waals surface area (Å²) in [5, 5.41) is 21.6. The molecule has 6 nitrogen and oxygen atoms in total. The average molecular weight is 497 g/mol. The summed E-state index contributed by atoms with van der Waals surface area (Å²) < 4.78 is 0. The molecule has 4 aromatic rings. The second-order valence-corrected chi connectivity index (χ2v) is 9.85. The van der Waals surface area contributed by atoms with Gasteiger partial charge in [0, 0.05) is 11.3 Å². The van der Waals surface area contributed by atoms with E-state index in [4.69, 9.17) is 0 Å². The summed E-state index contributed by atoms with van der Waals surface area (Å²) in [6, 6.07) is 20.7. The van der Waals surface area contributed by atoms with Gasteiger partial charge >= 0.3 is 0 Å². The first kappa shape index (κ1) is 23.5. The highest BCUT2D eigenvalue weighted by Crippen LogP contribution is 2.44. The van der Waals surface area contributed by atoms with Crippen LogP contribution in [0.3, 0.4) is 0 Å². The van der Waals surface area contributed by atoms with E-state index in [0.29, 0.717) is 26.8 Å². The van der Waals surface area contributed by atoms with Crippen LogP contribution in [0.25, 0.3) is 10.6 Å². The van der Waals surface area contributed by atoms with Crippen molar-refractivity contribution >= 4 is 28.7 Å². The van der Waals surface area contributed by atoms with Crippen LogP contribution in [0.5, 0.6) is 5.75 Å². The monoisotopic (exact) mass is 496 g/mol. The van der Waals surface area contributed by atoms with Gasteiger partial charge < -0.3 is 10.2 Å². The van der Waals surface area contributed by atoms with Gasteiger partial charge in [-0.2, -0.15) is 0 Å². The molecular weight excluding hydrogens is 472 g/mol. The summed E-state index contributed by atoms with van der Waals surface area (Å²) >= 11 is 1.24. The topological polar surface area (TPSA) is 90.7 Å². The van der Waals surface area contributed by atoms with Gasteiger partial charge in [-0.15, -0.1) is 11.3 Å². The van der Waals surface area contributed by atoms with Gasteiger partial charge in [0.15, 0.2) is 5.76 Å². The molecule has 2 heterocycles. The number of nitrogens with zero attached hydrogens (tertiary/aromatic N) is 2. The zero-order valence-electron chi connectivity index (χ0n) is 20.0. The largest absolute Gasteiger partial charge is 0.508 e. The van der Waals surface area contributed by atoms with Crippen molar-refractivity contribution in [3.63, 3.8) is 0 Å². The van der Waals surface area contributed by atoms with Crippen molar-refractivity contribution in [2.45, 2.75) is 26.8 Å². The number of amides is 1. The van der Waals surface area contributed by atoms with Crippen molar-refractivity contribution in [3.05, 3.63) is 111 Å². The predicted molar refractivity (Wildman–Crippen MR) is 141 cm³/mol. The Hall–Kier alpha value is -4.23. The molecule has 5 rings (SSSR count). The highest BCUT2D eigenvalue weighted by Gasteiger charge is 2.45. The van der Waals surface area contributed by atoms with Crippen LogP contribution in [0.4, 0.5) is 5.69 Å². The highest BCUT2D eigenvalue weighted by atomic mass is 32.1. The fraction of sp³-hybridized carbons (Fsp3) is 0.138.